The quantitative estimate of drug-likeness (QED) is 0.448. The highest BCUT2D eigenvalue weighted by Crippen LogP contribution is 2.52. The normalized spacial score (nSPS) is 18.9. The molecule has 1 N–H and O–H groups in total. The lowest BCUT2D eigenvalue weighted by atomic mass is 9.68. The number of hydrogen-bond acceptors (Lipinski definition) is 4. The standard InChI is InChI=1S/C29H29NO3/c1-5-14-33-24-13-11-19(15-25(24)32-4)28-27-21(16-29(2,3)17-23(27)31)26-20-9-7-6-8-18(20)10-12-22(26)30-28/h5-13,15,28,30H,1,14,16-17H2,2-4H3. The Hall–Kier alpha value is -3.53. The number of carbonyl (C=O) groups excluding carboxylic acids is 1. The lowest BCUT2D eigenvalue weighted by molar-refractivity contribution is -0.118. The van der Waals surface area contributed by atoms with Gasteiger partial charge in [0, 0.05) is 23.2 Å². The van der Waals surface area contributed by atoms with Crippen LogP contribution in [0.3, 0.4) is 0 Å². The molecule has 0 amide bonds. The molecule has 3 aromatic rings. The Labute approximate surface area is 194 Å². The van der Waals surface area contributed by atoms with Gasteiger partial charge in [-0.05, 0) is 51.9 Å². The first kappa shape index (κ1) is 21.3. The fraction of sp³-hybridized carbons (Fsp3) is 0.276. The number of methoxy groups -OCH3 is 1. The van der Waals surface area contributed by atoms with Crippen molar-refractivity contribution in [2.45, 2.75) is 32.7 Å². The monoisotopic (exact) mass is 439 g/mol. The number of carbonyl (C=O) groups is 1. The van der Waals surface area contributed by atoms with Crippen LogP contribution in [0.2, 0.25) is 0 Å². The first-order chi connectivity index (χ1) is 15.9. The third-order valence-electron chi connectivity index (χ3n) is 6.62. The predicted molar refractivity (Wildman–Crippen MR) is 134 cm³/mol. The average molecular weight is 440 g/mol. The summed E-state index contributed by atoms with van der Waals surface area (Å²) >= 11 is 0. The summed E-state index contributed by atoms with van der Waals surface area (Å²) in [6.45, 7) is 8.49. The molecule has 33 heavy (non-hydrogen) atoms. The highest BCUT2D eigenvalue weighted by atomic mass is 16.5. The Morgan fingerprint density at radius 3 is 2.70 bits per heavy atom. The number of Topliss-reactive ketones (excluding diaryl/α,β-unsaturated/α-hetero) is 1. The Balaban J connectivity index is 1.70. The van der Waals surface area contributed by atoms with E-state index in [0.717, 1.165) is 28.8 Å². The molecule has 4 heteroatoms. The van der Waals surface area contributed by atoms with Crippen molar-refractivity contribution in [2.24, 2.45) is 5.41 Å². The lowest BCUT2D eigenvalue weighted by Crippen LogP contribution is -2.33. The van der Waals surface area contributed by atoms with Crippen molar-refractivity contribution in [3.8, 4) is 11.5 Å². The second-order valence-corrected chi connectivity index (χ2v) is 9.63. The zero-order valence-corrected chi connectivity index (χ0v) is 19.4. The number of nitrogens with one attached hydrogen (secondary N) is 1. The van der Waals surface area contributed by atoms with Crippen molar-refractivity contribution in [3.63, 3.8) is 0 Å². The summed E-state index contributed by atoms with van der Waals surface area (Å²) in [4.78, 5) is 13.6. The van der Waals surface area contributed by atoms with Gasteiger partial charge >= 0.3 is 0 Å². The van der Waals surface area contributed by atoms with E-state index in [1.54, 1.807) is 13.2 Å². The van der Waals surface area contributed by atoms with E-state index in [-0.39, 0.29) is 17.2 Å². The third-order valence-corrected chi connectivity index (χ3v) is 6.62. The van der Waals surface area contributed by atoms with Crippen LogP contribution in [0.4, 0.5) is 5.69 Å². The maximum atomic E-state index is 13.6. The number of allylic oxidation sites excluding steroid dienone is 1. The van der Waals surface area contributed by atoms with Crippen LogP contribution in [0.25, 0.3) is 16.3 Å². The summed E-state index contributed by atoms with van der Waals surface area (Å²) in [5.41, 5.74) is 5.17. The van der Waals surface area contributed by atoms with Gasteiger partial charge < -0.3 is 14.8 Å². The number of hydrogen-bond donors (Lipinski definition) is 1. The first-order valence-electron chi connectivity index (χ1n) is 11.4. The van der Waals surface area contributed by atoms with Crippen LogP contribution in [0.15, 0.2) is 72.8 Å². The average Bonchev–Trinajstić information content (AvgIpc) is 2.80. The molecule has 2 aliphatic rings. The topological polar surface area (TPSA) is 47.6 Å². The summed E-state index contributed by atoms with van der Waals surface area (Å²) in [6.07, 6.45) is 3.11. The van der Waals surface area contributed by atoms with E-state index < -0.39 is 0 Å². The van der Waals surface area contributed by atoms with Crippen molar-refractivity contribution in [1.82, 2.24) is 0 Å². The molecule has 1 aliphatic heterocycles. The number of benzene rings is 3. The Kier molecular flexibility index (Phi) is 5.24. The van der Waals surface area contributed by atoms with Gasteiger partial charge in [-0.15, -0.1) is 0 Å². The van der Waals surface area contributed by atoms with Crippen LogP contribution < -0.4 is 14.8 Å². The van der Waals surface area contributed by atoms with Gasteiger partial charge in [0.1, 0.15) is 6.61 Å². The van der Waals surface area contributed by atoms with Crippen molar-refractivity contribution in [1.29, 1.82) is 0 Å². The molecular formula is C29H29NO3. The van der Waals surface area contributed by atoms with E-state index in [1.807, 2.05) is 18.2 Å². The van der Waals surface area contributed by atoms with Crippen LogP contribution in [0.1, 0.15) is 43.9 Å². The zero-order valence-electron chi connectivity index (χ0n) is 19.4. The van der Waals surface area contributed by atoms with E-state index >= 15 is 0 Å². The zero-order chi connectivity index (χ0) is 23.2. The minimum Gasteiger partial charge on any atom is -0.493 e. The molecule has 1 atom stereocenters. The number of anilines is 1. The maximum Gasteiger partial charge on any atom is 0.162 e. The summed E-state index contributed by atoms with van der Waals surface area (Å²) in [5, 5.41) is 6.05. The smallest absolute Gasteiger partial charge is 0.162 e. The molecule has 0 bridgehead atoms. The van der Waals surface area contributed by atoms with E-state index in [4.69, 9.17) is 9.47 Å². The number of ether oxygens (including phenoxy) is 2. The van der Waals surface area contributed by atoms with Gasteiger partial charge in [0.15, 0.2) is 17.3 Å². The van der Waals surface area contributed by atoms with E-state index in [2.05, 4.69) is 62.1 Å². The fourth-order valence-electron chi connectivity index (χ4n) is 5.22. The molecule has 0 aromatic heterocycles. The Morgan fingerprint density at radius 2 is 1.91 bits per heavy atom. The molecule has 0 saturated heterocycles. The van der Waals surface area contributed by atoms with Crippen molar-refractivity contribution >= 4 is 27.8 Å². The van der Waals surface area contributed by atoms with Gasteiger partial charge in [-0.2, -0.15) is 0 Å². The Morgan fingerprint density at radius 1 is 1.09 bits per heavy atom. The summed E-state index contributed by atoms with van der Waals surface area (Å²) in [6, 6.07) is 18.4. The molecule has 168 valence electrons. The molecule has 5 rings (SSSR count). The number of fused-ring (bicyclic) bond motifs is 4. The van der Waals surface area contributed by atoms with Gasteiger partial charge in [-0.3, -0.25) is 4.79 Å². The van der Waals surface area contributed by atoms with Gasteiger partial charge in [-0.25, -0.2) is 0 Å². The van der Waals surface area contributed by atoms with Crippen molar-refractivity contribution < 1.29 is 14.3 Å². The second kappa shape index (κ2) is 8.11. The van der Waals surface area contributed by atoms with Gasteiger partial charge in [0.2, 0.25) is 0 Å². The van der Waals surface area contributed by atoms with E-state index in [9.17, 15) is 4.79 Å². The van der Waals surface area contributed by atoms with Crippen LogP contribution in [-0.2, 0) is 4.79 Å². The summed E-state index contributed by atoms with van der Waals surface area (Å²) in [5.74, 6) is 1.52. The molecule has 4 nitrogen and oxygen atoms in total. The molecule has 1 heterocycles. The van der Waals surface area contributed by atoms with Gasteiger partial charge in [0.25, 0.3) is 0 Å². The molecule has 3 aromatic carbocycles. The molecular weight excluding hydrogens is 410 g/mol. The van der Waals surface area contributed by atoms with Crippen LogP contribution >= 0.6 is 0 Å². The fourth-order valence-corrected chi connectivity index (χ4v) is 5.22. The van der Waals surface area contributed by atoms with Crippen molar-refractivity contribution in [2.75, 3.05) is 19.0 Å². The van der Waals surface area contributed by atoms with Crippen LogP contribution in [0, 0.1) is 5.41 Å². The Bertz CT molecular complexity index is 1300. The van der Waals surface area contributed by atoms with E-state index in [1.165, 1.54) is 16.3 Å². The molecule has 0 fully saturated rings. The first-order valence-corrected chi connectivity index (χ1v) is 11.4. The van der Waals surface area contributed by atoms with Crippen molar-refractivity contribution in [3.05, 3.63) is 84.0 Å². The largest absolute Gasteiger partial charge is 0.493 e. The van der Waals surface area contributed by atoms with E-state index in [0.29, 0.717) is 24.5 Å². The number of ketones is 1. The van der Waals surface area contributed by atoms with Crippen LogP contribution in [-0.4, -0.2) is 19.5 Å². The third kappa shape index (κ3) is 3.70. The predicted octanol–water partition coefficient (Wildman–Crippen LogP) is 6.72. The summed E-state index contributed by atoms with van der Waals surface area (Å²) in [7, 11) is 1.63. The molecule has 0 radical (unpaired) electrons. The summed E-state index contributed by atoms with van der Waals surface area (Å²) < 4.78 is 11.3. The molecule has 0 saturated carbocycles. The van der Waals surface area contributed by atoms with Crippen LogP contribution in [0.5, 0.6) is 11.5 Å². The van der Waals surface area contributed by atoms with Gasteiger partial charge in [-0.1, -0.05) is 62.9 Å². The minimum absolute atomic E-state index is 0.0773. The van der Waals surface area contributed by atoms with Gasteiger partial charge in [0.05, 0.1) is 13.2 Å². The molecule has 1 aliphatic carbocycles. The highest BCUT2D eigenvalue weighted by molar-refractivity contribution is 6.12. The minimum atomic E-state index is -0.236. The molecule has 1 unspecified atom stereocenters. The SMILES string of the molecule is C=CCOc1ccc(C2Nc3ccc4ccccc4c3C3=C2C(=O)CC(C)(C)C3)cc1OC. The number of rotatable bonds is 5. The highest BCUT2D eigenvalue weighted by Gasteiger charge is 2.41. The lowest BCUT2D eigenvalue weighted by Gasteiger charge is -2.40. The maximum absolute atomic E-state index is 13.6. The second-order valence-electron chi connectivity index (χ2n) is 9.63. The molecule has 0 spiro atoms.